The van der Waals surface area contributed by atoms with Gasteiger partial charge in [0.2, 0.25) is 5.88 Å². The second-order valence-electron chi connectivity index (χ2n) is 10.4. The fraction of sp³-hybridized carbons (Fsp3) is 0.433. The van der Waals surface area contributed by atoms with Crippen LogP contribution in [0.25, 0.3) is 11.3 Å². The summed E-state index contributed by atoms with van der Waals surface area (Å²) < 4.78 is 56.8. The molecule has 2 heterocycles. The summed E-state index contributed by atoms with van der Waals surface area (Å²) in [5, 5.41) is 9.32. The first-order valence-electron chi connectivity index (χ1n) is 13.4. The Hall–Kier alpha value is -3.82. The second kappa shape index (κ2) is 11.7. The highest BCUT2D eigenvalue weighted by molar-refractivity contribution is 5.69. The lowest BCUT2D eigenvalue weighted by Crippen LogP contribution is -2.30. The van der Waals surface area contributed by atoms with Gasteiger partial charge in [0.15, 0.2) is 0 Å². The highest BCUT2D eigenvalue weighted by atomic mass is 19.4. The van der Waals surface area contributed by atoms with Crippen molar-refractivity contribution in [1.82, 2.24) is 9.97 Å². The summed E-state index contributed by atoms with van der Waals surface area (Å²) in [5.41, 5.74) is 1.10. The Morgan fingerprint density at radius 3 is 2.30 bits per heavy atom. The van der Waals surface area contributed by atoms with Crippen molar-refractivity contribution in [1.29, 1.82) is 0 Å². The van der Waals surface area contributed by atoms with Gasteiger partial charge in [-0.15, -0.1) is 0 Å². The van der Waals surface area contributed by atoms with E-state index in [1.54, 1.807) is 24.4 Å². The van der Waals surface area contributed by atoms with Crippen molar-refractivity contribution < 1.29 is 37.3 Å². The van der Waals surface area contributed by atoms with Gasteiger partial charge in [0.25, 0.3) is 0 Å². The molecule has 5 rings (SSSR count). The number of hydrogen-bond donors (Lipinski definition) is 1. The maximum atomic E-state index is 13.0. The van der Waals surface area contributed by atoms with Crippen LogP contribution in [-0.4, -0.2) is 40.4 Å². The van der Waals surface area contributed by atoms with E-state index in [0.717, 1.165) is 43.5 Å². The largest absolute Gasteiger partial charge is 0.497 e. The van der Waals surface area contributed by atoms with E-state index < -0.39 is 17.7 Å². The number of ether oxygens (including phenoxy) is 3. The van der Waals surface area contributed by atoms with Crippen LogP contribution in [0.2, 0.25) is 0 Å². The minimum absolute atomic E-state index is 0.0248. The van der Waals surface area contributed by atoms with E-state index >= 15 is 0 Å². The Kier molecular flexibility index (Phi) is 8.14. The van der Waals surface area contributed by atoms with E-state index in [1.807, 2.05) is 12.1 Å². The maximum Gasteiger partial charge on any atom is 0.417 e. The Balaban J connectivity index is 1.23. The van der Waals surface area contributed by atoms with Gasteiger partial charge in [-0.2, -0.15) is 13.2 Å². The van der Waals surface area contributed by atoms with Gasteiger partial charge in [0.1, 0.15) is 17.6 Å². The lowest BCUT2D eigenvalue weighted by Gasteiger charge is -2.30. The van der Waals surface area contributed by atoms with Crippen molar-refractivity contribution in [3.8, 4) is 28.6 Å². The molecule has 1 unspecified atom stereocenters. The van der Waals surface area contributed by atoms with Crippen LogP contribution >= 0.6 is 0 Å². The average Bonchev–Trinajstić information content (AvgIpc) is 3.78. The number of aliphatic carboxylic acids is 1. The predicted octanol–water partition coefficient (Wildman–Crippen LogP) is 6.91. The second-order valence-corrected chi connectivity index (χ2v) is 10.4. The Labute approximate surface area is 230 Å². The molecule has 0 spiro atoms. The normalized spacial score (nSPS) is 20.0. The van der Waals surface area contributed by atoms with E-state index in [-0.39, 0.29) is 24.5 Å². The van der Waals surface area contributed by atoms with Gasteiger partial charge in [0, 0.05) is 30.1 Å². The van der Waals surface area contributed by atoms with Gasteiger partial charge in [-0.1, -0.05) is 0 Å². The molecule has 1 atom stereocenters. The van der Waals surface area contributed by atoms with Gasteiger partial charge in [-0.3, -0.25) is 9.78 Å². The highest BCUT2D eigenvalue weighted by Crippen LogP contribution is 2.45. The molecular formula is C30H31F3N2O5. The zero-order chi connectivity index (χ0) is 28.3. The standard InChI is InChI=1S/C30H31F3N2O5/c1-38-23-9-10-24(26-11-4-20(17-35-26)30(31,32)33)27(15-23)39-21-5-7-22(8-6-21)40-28-14-19(12-13-34-28)25(16-29(36)37)18-2-3-18/h4,9-15,17-18,21-22,25H,2-3,5-8,16H2,1H3,(H,36,37). The summed E-state index contributed by atoms with van der Waals surface area (Å²) in [4.78, 5) is 19.7. The van der Waals surface area contributed by atoms with Gasteiger partial charge in [-0.25, -0.2) is 4.98 Å². The molecule has 0 radical (unpaired) electrons. The van der Waals surface area contributed by atoms with Crippen molar-refractivity contribution in [2.24, 2.45) is 5.92 Å². The molecule has 0 aliphatic heterocycles. The van der Waals surface area contributed by atoms with E-state index in [9.17, 15) is 23.1 Å². The summed E-state index contributed by atoms with van der Waals surface area (Å²) in [5.74, 6) is 1.14. The molecule has 0 saturated heterocycles. The van der Waals surface area contributed by atoms with Crippen LogP contribution in [0, 0.1) is 5.92 Å². The van der Waals surface area contributed by atoms with Gasteiger partial charge in [-0.05, 0) is 86.3 Å². The monoisotopic (exact) mass is 556 g/mol. The molecule has 2 fully saturated rings. The third kappa shape index (κ3) is 6.84. The van der Waals surface area contributed by atoms with Crippen molar-refractivity contribution >= 4 is 5.97 Å². The number of carboxylic acid groups (broad SMARTS) is 1. The number of methoxy groups -OCH3 is 1. The number of rotatable bonds is 10. The molecule has 1 aromatic carbocycles. The third-order valence-electron chi connectivity index (χ3n) is 7.53. The smallest absolute Gasteiger partial charge is 0.417 e. The molecule has 1 N–H and O–H groups in total. The summed E-state index contributed by atoms with van der Waals surface area (Å²) >= 11 is 0. The minimum atomic E-state index is -4.46. The maximum absolute atomic E-state index is 13.0. The first-order chi connectivity index (χ1) is 19.2. The number of carbonyl (C=O) groups is 1. The molecule has 2 aromatic heterocycles. The SMILES string of the molecule is COc1ccc(-c2ccc(C(F)(F)F)cn2)c(OC2CCC(Oc3cc(C(CC(=O)O)C4CC4)ccn3)CC2)c1. The van der Waals surface area contributed by atoms with Gasteiger partial charge < -0.3 is 19.3 Å². The number of aromatic nitrogens is 2. The number of pyridine rings is 2. The van der Waals surface area contributed by atoms with E-state index in [2.05, 4.69) is 9.97 Å². The zero-order valence-electron chi connectivity index (χ0n) is 22.1. The Morgan fingerprint density at radius 2 is 1.70 bits per heavy atom. The fourth-order valence-corrected chi connectivity index (χ4v) is 5.24. The number of benzene rings is 1. The third-order valence-corrected chi connectivity index (χ3v) is 7.53. The molecule has 7 nitrogen and oxygen atoms in total. The van der Waals surface area contributed by atoms with Crippen molar-refractivity contribution in [2.45, 2.75) is 69.2 Å². The molecule has 2 aliphatic rings. The molecule has 0 amide bonds. The summed E-state index contributed by atoms with van der Waals surface area (Å²) in [6.07, 6.45) is 2.96. The van der Waals surface area contributed by atoms with E-state index in [0.29, 0.717) is 47.4 Å². The van der Waals surface area contributed by atoms with Crippen LogP contribution in [0.5, 0.6) is 17.4 Å². The van der Waals surface area contributed by atoms with Crippen molar-refractivity contribution in [2.75, 3.05) is 7.11 Å². The number of carboxylic acids is 1. The van der Waals surface area contributed by atoms with Crippen LogP contribution in [0.4, 0.5) is 13.2 Å². The molecule has 3 aromatic rings. The van der Waals surface area contributed by atoms with Crippen LogP contribution < -0.4 is 14.2 Å². The first-order valence-corrected chi connectivity index (χ1v) is 13.4. The summed E-state index contributed by atoms with van der Waals surface area (Å²) in [6, 6.07) is 11.3. The lowest BCUT2D eigenvalue weighted by molar-refractivity contribution is -0.138. The Morgan fingerprint density at radius 1 is 0.975 bits per heavy atom. The summed E-state index contributed by atoms with van der Waals surface area (Å²) in [6.45, 7) is 0. The van der Waals surface area contributed by atoms with Crippen LogP contribution in [0.3, 0.4) is 0 Å². The molecular weight excluding hydrogens is 525 g/mol. The number of halogens is 3. The number of hydrogen-bond acceptors (Lipinski definition) is 6. The minimum Gasteiger partial charge on any atom is -0.497 e. The predicted molar refractivity (Wildman–Crippen MR) is 140 cm³/mol. The van der Waals surface area contributed by atoms with Crippen LogP contribution in [0.1, 0.15) is 62.0 Å². The molecule has 2 aliphatic carbocycles. The number of nitrogens with zero attached hydrogens (tertiary/aromatic N) is 2. The van der Waals surface area contributed by atoms with Crippen LogP contribution in [0.15, 0.2) is 54.9 Å². The average molecular weight is 557 g/mol. The first kappa shape index (κ1) is 27.7. The molecule has 2 saturated carbocycles. The van der Waals surface area contributed by atoms with E-state index in [1.165, 1.54) is 13.2 Å². The van der Waals surface area contributed by atoms with E-state index in [4.69, 9.17) is 14.2 Å². The summed E-state index contributed by atoms with van der Waals surface area (Å²) in [7, 11) is 1.54. The molecule has 40 heavy (non-hydrogen) atoms. The molecule has 0 bridgehead atoms. The fourth-order valence-electron chi connectivity index (χ4n) is 5.24. The van der Waals surface area contributed by atoms with Crippen molar-refractivity contribution in [3.05, 3.63) is 66.0 Å². The quantitative estimate of drug-likeness (QED) is 0.290. The number of alkyl halides is 3. The van der Waals surface area contributed by atoms with Gasteiger partial charge >= 0.3 is 12.1 Å². The topological polar surface area (TPSA) is 90.8 Å². The Bertz CT molecular complexity index is 1320. The lowest BCUT2D eigenvalue weighted by atomic mass is 9.91. The van der Waals surface area contributed by atoms with Crippen LogP contribution in [-0.2, 0) is 11.0 Å². The molecule has 212 valence electrons. The highest BCUT2D eigenvalue weighted by Gasteiger charge is 2.34. The zero-order valence-corrected chi connectivity index (χ0v) is 22.1. The van der Waals surface area contributed by atoms with Crippen molar-refractivity contribution in [3.63, 3.8) is 0 Å². The molecule has 10 heteroatoms. The van der Waals surface area contributed by atoms with Gasteiger partial charge in [0.05, 0.1) is 30.9 Å².